The van der Waals surface area contributed by atoms with E-state index in [1.54, 1.807) is 22.7 Å². The maximum atomic E-state index is 4.40. The lowest BCUT2D eigenvalue weighted by Crippen LogP contribution is -1.86. The van der Waals surface area contributed by atoms with Gasteiger partial charge < -0.3 is 0 Å². The van der Waals surface area contributed by atoms with Gasteiger partial charge in [0.1, 0.15) is 0 Å². The molecule has 0 saturated carbocycles. The van der Waals surface area contributed by atoms with Crippen molar-refractivity contribution in [2.45, 2.75) is 20.3 Å². The summed E-state index contributed by atoms with van der Waals surface area (Å²) in [5.74, 6) is 0. The normalized spacial score (nSPS) is 10.6. The summed E-state index contributed by atoms with van der Waals surface area (Å²) in [5, 5.41) is 4.39. The molecule has 0 bridgehead atoms. The van der Waals surface area contributed by atoms with Crippen LogP contribution in [0.2, 0.25) is 0 Å². The minimum absolute atomic E-state index is 0.878. The van der Waals surface area contributed by atoms with Crippen molar-refractivity contribution in [3.8, 4) is 0 Å². The average Bonchev–Trinajstić information content (AvgIpc) is 2.62. The van der Waals surface area contributed by atoms with Crippen LogP contribution >= 0.6 is 22.7 Å². The first-order chi connectivity index (χ1) is 6.24. The highest BCUT2D eigenvalue weighted by molar-refractivity contribution is 7.11. The fraction of sp³-hybridized carbons (Fsp3) is 0.333. The Kier molecular flexibility index (Phi) is 2.42. The van der Waals surface area contributed by atoms with Gasteiger partial charge in [-0.05, 0) is 13.8 Å². The van der Waals surface area contributed by atoms with Crippen LogP contribution < -0.4 is 0 Å². The third-order valence-corrected chi connectivity index (χ3v) is 3.40. The van der Waals surface area contributed by atoms with E-state index in [0.717, 1.165) is 22.1 Å². The summed E-state index contributed by atoms with van der Waals surface area (Å²) in [7, 11) is 0. The Morgan fingerprint density at radius 2 is 2.23 bits per heavy atom. The topological polar surface area (TPSA) is 25.8 Å². The number of aryl methyl sites for hydroxylation is 2. The van der Waals surface area contributed by atoms with E-state index in [4.69, 9.17) is 0 Å². The Morgan fingerprint density at radius 3 is 2.77 bits per heavy atom. The number of hydrogen-bond acceptors (Lipinski definition) is 4. The first-order valence-corrected chi connectivity index (χ1v) is 5.76. The number of thiazole rings is 2. The fourth-order valence-electron chi connectivity index (χ4n) is 1.13. The van der Waals surface area contributed by atoms with E-state index < -0.39 is 0 Å². The third-order valence-electron chi connectivity index (χ3n) is 1.67. The average molecular weight is 210 g/mol. The molecular formula is C9H10N2S2. The minimum Gasteiger partial charge on any atom is -0.249 e. The maximum absolute atomic E-state index is 4.40. The molecule has 13 heavy (non-hydrogen) atoms. The Balaban J connectivity index is 2.14. The van der Waals surface area contributed by atoms with Crippen LogP contribution in [0.15, 0.2) is 11.6 Å². The summed E-state index contributed by atoms with van der Waals surface area (Å²) in [4.78, 5) is 9.97. The van der Waals surface area contributed by atoms with Crippen molar-refractivity contribution in [3.05, 3.63) is 32.2 Å². The highest BCUT2D eigenvalue weighted by Crippen LogP contribution is 2.17. The molecule has 2 heterocycles. The van der Waals surface area contributed by atoms with Gasteiger partial charge in [0.25, 0.3) is 0 Å². The van der Waals surface area contributed by atoms with E-state index in [0.29, 0.717) is 0 Å². The summed E-state index contributed by atoms with van der Waals surface area (Å²) in [6, 6.07) is 0. The quantitative estimate of drug-likeness (QED) is 0.761. The van der Waals surface area contributed by atoms with Crippen molar-refractivity contribution < 1.29 is 0 Å². The third kappa shape index (κ3) is 2.14. The predicted molar refractivity (Wildman–Crippen MR) is 56.5 cm³/mol. The second-order valence-electron chi connectivity index (χ2n) is 2.90. The number of nitrogens with zero attached hydrogens (tertiary/aromatic N) is 2. The van der Waals surface area contributed by atoms with Gasteiger partial charge in [0, 0.05) is 22.9 Å². The summed E-state index contributed by atoms with van der Waals surface area (Å²) >= 11 is 3.44. The second kappa shape index (κ2) is 3.55. The van der Waals surface area contributed by atoms with E-state index >= 15 is 0 Å². The highest BCUT2D eigenvalue weighted by Gasteiger charge is 2.03. The highest BCUT2D eigenvalue weighted by atomic mass is 32.1. The molecule has 68 valence electrons. The standard InChI is InChI=1S/C9H10N2S2/c1-6-4-10-9(13-6)3-8-5-12-7(2)11-8/h4-5H,3H2,1-2H3. The summed E-state index contributed by atoms with van der Waals surface area (Å²) in [6.07, 6.45) is 2.79. The Hall–Kier alpha value is -0.740. The zero-order chi connectivity index (χ0) is 9.26. The summed E-state index contributed by atoms with van der Waals surface area (Å²) in [6.45, 7) is 4.11. The van der Waals surface area contributed by atoms with Crippen molar-refractivity contribution in [1.82, 2.24) is 9.97 Å². The molecule has 0 aliphatic rings. The molecular weight excluding hydrogens is 200 g/mol. The monoisotopic (exact) mass is 210 g/mol. The van der Waals surface area contributed by atoms with Crippen LogP contribution in [0, 0.1) is 13.8 Å². The van der Waals surface area contributed by atoms with Crippen LogP contribution in [0.3, 0.4) is 0 Å². The molecule has 0 atom stereocenters. The predicted octanol–water partition coefficient (Wildman–Crippen LogP) is 2.81. The van der Waals surface area contributed by atoms with E-state index in [1.165, 1.54) is 4.88 Å². The molecule has 4 heteroatoms. The van der Waals surface area contributed by atoms with Crippen LogP contribution in [0.4, 0.5) is 0 Å². The Bertz CT molecular complexity index is 365. The van der Waals surface area contributed by atoms with Crippen LogP contribution in [0.25, 0.3) is 0 Å². The lowest BCUT2D eigenvalue weighted by Gasteiger charge is -1.89. The lowest BCUT2D eigenvalue weighted by molar-refractivity contribution is 1.06. The fourth-order valence-corrected chi connectivity index (χ4v) is 2.54. The van der Waals surface area contributed by atoms with Gasteiger partial charge in [0.05, 0.1) is 15.7 Å². The van der Waals surface area contributed by atoms with E-state index in [1.807, 2.05) is 13.1 Å². The van der Waals surface area contributed by atoms with Crippen LogP contribution in [0.1, 0.15) is 20.6 Å². The van der Waals surface area contributed by atoms with Crippen LogP contribution in [0.5, 0.6) is 0 Å². The van der Waals surface area contributed by atoms with Gasteiger partial charge in [0.15, 0.2) is 0 Å². The first kappa shape index (κ1) is 8.84. The molecule has 2 aromatic rings. The molecule has 0 aliphatic carbocycles. The molecule has 0 spiro atoms. The molecule has 2 nitrogen and oxygen atoms in total. The van der Waals surface area contributed by atoms with Crippen molar-refractivity contribution in [3.63, 3.8) is 0 Å². The zero-order valence-corrected chi connectivity index (χ0v) is 9.21. The van der Waals surface area contributed by atoms with Crippen molar-refractivity contribution in [2.24, 2.45) is 0 Å². The smallest absolute Gasteiger partial charge is 0.0987 e. The van der Waals surface area contributed by atoms with E-state index in [-0.39, 0.29) is 0 Å². The Labute approximate surface area is 85.3 Å². The van der Waals surface area contributed by atoms with Crippen molar-refractivity contribution >= 4 is 22.7 Å². The maximum Gasteiger partial charge on any atom is 0.0987 e. The molecule has 0 aromatic carbocycles. The van der Waals surface area contributed by atoms with Gasteiger partial charge in [-0.1, -0.05) is 0 Å². The molecule has 0 amide bonds. The number of aromatic nitrogens is 2. The summed E-state index contributed by atoms with van der Waals surface area (Å²) in [5.41, 5.74) is 1.14. The number of rotatable bonds is 2. The lowest BCUT2D eigenvalue weighted by atomic mass is 10.3. The van der Waals surface area contributed by atoms with Gasteiger partial charge in [0.2, 0.25) is 0 Å². The largest absolute Gasteiger partial charge is 0.249 e. The SMILES string of the molecule is Cc1cnc(Cc2csc(C)n2)s1. The van der Waals surface area contributed by atoms with Crippen molar-refractivity contribution in [2.75, 3.05) is 0 Å². The van der Waals surface area contributed by atoms with Gasteiger partial charge in [-0.15, -0.1) is 22.7 Å². The minimum atomic E-state index is 0.878. The molecule has 2 aromatic heterocycles. The number of hydrogen-bond donors (Lipinski definition) is 0. The molecule has 0 fully saturated rings. The molecule has 0 saturated heterocycles. The van der Waals surface area contributed by atoms with Gasteiger partial charge >= 0.3 is 0 Å². The van der Waals surface area contributed by atoms with Gasteiger partial charge in [-0.25, -0.2) is 9.97 Å². The van der Waals surface area contributed by atoms with E-state index in [2.05, 4.69) is 22.3 Å². The van der Waals surface area contributed by atoms with Gasteiger partial charge in [-0.2, -0.15) is 0 Å². The van der Waals surface area contributed by atoms with Crippen LogP contribution in [-0.2, 0) is 6.42 Å². The zero-order valence-electron chi connectivity index (χ0n) is 7.57. The van der Waals surface area contributed by atoms with E-state index in [9.17, 15) is 0 Å². The van der Waals surface area contributed by atoms with Gasteiger partial charge in [-0.3, -0.25) is 0 Å². The van der Waals surface area contributed by atoms with Crippen LogP contribution in [-0.4, -0.2) is 9.97 Å². The molecule has 0 aliphatic heterocycles. The summed E-state index contributed by atoms with van der Waals surface area (Å²) < 4.78 is 0. The molecule has 0 unspecified atom stereocenters. The molecule has 0 radical (unpaired) electrons. The molecule has 0 N–H and O–H groups in total. The Morgan fingerprint density at radius 1 is 1.38 bits per heavy atom. The van der Waals surface area contributed by atoms with Crippen molar-refractivity contribution in [1.29, 1.82) is 0 Å². The first-order valence-electron chi connectivity index (χ1n) is 4.06. The molecule has 2 rings (SSSR count). The second-order valence-corrected chi connectivity index (χ2v) is 5.28.